The van der Waals surface area contributed by atoms with E-state index in [0.717, 1.165) is 24.9 Å². The summed E-state index contributed by atoms with van der Waals surface area (Å²) in [4.78, 5) is 24.4. The van der Waals surface area contributed by atoms with Crippen LogP contribution < -0.4 is 0 Å². The Morgan fingerprint density at radius 3 is 2.57 bits per heavy atom. The summed E-state index contributed by atoms with van der Waals surface area (Å²) in [5.74, 6) is -0.509. The van der Waals surface area contributed by atoms with E-state index in [1.165, 1.54) is 0 Å². The Morgan fingerprint density at radius 1 is 1.33 bits per heavy atom. The van der Waals surface area contributed by atoms with Gasteiger partial charge in [0.05, 0.1) is 11.7 Å². The molecule has 1 aliphatic rings. The van der Waals surface area contributed by atoms with E-state index >= 15 is 0 Å². The molecule has 1 amide bonds. The topological polar surface area (TPSA) is 66.8 Å². The summed E-state index contributed by atoms with van der Waals surface area (Å²) < 4.78 is 5.20. The molecule has 0 bridgehead atoms. The van der Waals surface area contributed by atoms with Crippen molar-refractivity contribution in [3.8, 4) is 0 Å². The number of rotatable bonds is 4. The molecular formula is C16H21NO4. The van der Waals surface area contributed by atoms with E-state index in [4.69, 9.17) is 9.84 Å². The zero-order valence-electron chi connectivity index (χ0n) is 12.4. The molecular weight excluding hydrogens is 270 g/mol. The maximum atomic E-state index is 11.8. The Kier molecular flexibility index (Phi) is 4.83. The van der Waals surface area contributed by atoms with Gasteiger partial charge in [-0.25, -0.2) is 9.59 Å². The van der Waals surface area contributed by atoms with Crippen LogP contribution in [0.5, 0.6) is 0 Å². The minimum Gasteiger partial charge on any atom is -0.478 e. The summed E-state index contributed by atoms with van der Waals surface area (Å²) in [6.07, 6.45) is 1.47. The van der Waals surface area contributed by atoms with Gasteiger partial charge in [-0.2, -0.15) is 0 Å². The molecule has 1 atom stereocenters. The predicted octanol–water partition coefficient (Wildman–Crippen LogP) is 2.79. The summed E-state index contributed by atoms with van der Waals surface area (Å²) >= 11 is 0. The second kappa shape index (κ2) is 6.61. The molecule has 5 nitrogen and oxygen atoms in total. The third-order valence-electron chi connectivity index (χ3n) is 3.61. The molecule has 0 spiro atoms. The molecule has 1 aliphatic heterocycles. The van der Waals surface area contributed by atoms with E-state index in [2.05, 4.69) is 0 Å². The lowest BCUT2D eigenvalue weighted by atomic mass is 9.98. The van der Waals surface area contributed by atoms with Gasteiger partial charge in [0.1, 0.15) is 0 Å². The predicted molar refractivity (Wildman–Crippen MR) is 78.4 cm³/mol. The maximum Gasteiger partial charge on any atom is 0.410 e. The fourth-order valence-electron chi connectivity index (χ4n) is 2.56. The highest BCUT2D eigenvalue weighted by atomic mass is 16.6. The smallest absolute Gasteiger partial charge is 0.410 e. The number of ether oxygens (including phenoxy) is 1. The van der Waals surface area contributed by atoms with Gasteiger partial charge in [0, 0.05) is 13.1 Å². The van der Waals surface area contributed by atoms with Crippen LogP contribution in [0.3, 0.4) is 0 Å². The number of benzene rings is 1. The lowest BCUT2D eigenvalue weighted by molar-refractivity contribution is 0.0696. The van der Waals surface area contributed by atoms with Crippen LogP contribution in [0.25, 0.3) is 0 Å². The maximum absolute atomic E-state index is 11.8. The average molecular weight is 291 g/mol. The average Bonchev–Trinajstić information content (AvgIpc) is 2.87. The molecule has 1 N–H and O–H groups in total. The molecule has 0 radical (unpaired) electrons. The van der Waals surface area contributed by atoms with Crippen molar-refractivity contribution in [3.05, 3.63) is 35.4 Å². The van der Waals surface area contributed by atoms with Crippen molar-refractivity contribution in [1.29, 1.82) is 0 Å². The molecule has 0 aromatic heterocycles. The minimum absolute atomic E-state index is 0.0971. The highest BCUT2D eigenvalue weighted by Crippen LogP contribution is 2.22. The van der Waals surface area contributed by atoms with Gasteiger partial charge < -0.3 is 14.7 Å². The van der Waals surface area contributed by atoms with Crippen LogP contribution in [0, 0.1) is 5.92 Å². The molecule has 1 aromatic carbocycles. The van der Waals surface area contributed by atoms with Crippen LogP contribution in [-0.4, -0.2) is 41.3 Å². The molecule has 0 saturated carbocycles. The first-order valence-electron chi connectivity index (χ1n) is 7.23. The molecule has 1 heterocycles. The van der Waals surface area contributed by atoms with Gasteiger partial charge >= 0.3 is 12.1 Å². The Labute approximate surface area is 124 Å². The first-order valence-corrected chi connectivity index (χ1v) is 7.23. The molecule has 2 rings (SSSR count). The SMILES string of the molecule is CC(C)OC(=O)N1CC[C@@H](Cc2ccc(C(=O)O)cc2)C1. The summed E-state index contributed by atoms with van der Waals surface area (Å²) in [5.41, 5.74) is 1.40. The lowest BCUT2D eigenvalue weighted by Crippen LogP contribution is -2.31. The number of carboxylic acid groups (broad SMARTS) is 1. The van der Waals surface area contributed by atoms with Gasteiger partial charge in [-0.1, -0.05) is 12.1 Å². The molecule has 114 valence electrons. The monoisotopic (exact) mass is 291 g/mol. The molecule has 0 aliphatic carbocycles. The first-order chi connectivity index (χ1) is 9.95. The Hall–Kier alpha value is -2.04. The number of aromatic carboxylic acids is 1. The summed E-state index contributed by atoms with van der Waals surface area (Å²) in [7, 11) is 0. The van der Waals surface area contributed by atoms with Crippen molar-refractivity contribution >= 4 is 12.1 Å². The van der Waals surface area contributed by atoms with Crippen LogP contribution in [0.1, 0.15) is 36.2 Å². The zero-order chi connectivity index (χ0) is 15.4. The van der Waals surface area contributed by atoms with Crippen molar-refractivity contribution in [1.82, 2.24) is 4.90 Å². The summed E-state index contributed by atoms with van der Waals surface area (Å²) in [5, 5.41) is 8.87. The van der Waals surface area contributed by atoms with Gasteiger partial charge in [-0.3, -0.25) is 0 Å². The van der Waals surface area contributed by atoms with E-state index in [1.54, 1.807) is 17.0 Å². The number of hydrogen-bond acceptors (Lipinski definition) is 3. The van der Waals surface area contributed by atoms with Gasteiger partial charge in [-0.05, 0) is 50.3 Å². The standard InChI is InChI=1S/C16H21NO4/c1-11(2)21-16(20)17-8-7-13(10-17)9-12-3-5-14(6-4-12)15(18)19/h3-6,11,13H,7-10H2,1-2H3,(H,18,19)/t13-/m0/s1. The first kappa shape index (κ1) is 15.4. The van der Waals surface area contributed by atoms with Crippen molar-refractivity contribution in [2.45, 2.75) is 32.8 Å². The van der Waals surface area contributed by atoms with E-state index in [1.807, 2.05) is 26.0 Å². The van der Waals surface area contributed by atoms with Crippen LogP contribution in [0.2, 0.25) is 0 Å². The number of likely N-dealkylation sites (tertiary alicyclic amines) is 1. The van der Waals surface area contributed by atoms with Crippen molar-refractivity contribution in [2.24, 2.45) is 5.92 Å². The largest absolute Gasteiger partial charge is 0.478 e. The van der Waals surface area contributed by atoms with Crippen molar-refractivity contribution in [2.75, 3.05) is 13.1 Å². The molecule has 1 aromatic rings. The van der Waals surface area contributed by atoms with Crippen LogP contribution in [0.4, 0.5) is 4.79 Å². The fraction of sp³-hybridized carbons (Fsp3) is 0.500. The highest BCUT2D eigenvalue weighted by Gasteiger charge is 2.27. The molecule has 5 heteroatoms. The third kappa shape index (κ3) is 4.21. The van der Waals surface area contributed by atoms with Gasteiger partial charge in [0.2, 0.25) is 0 Å². The van der Waals surface area contributed by atoms with E-state index in [-0.39, 0.29) is 12.2 Å². The normalized spacial score (nSPS) is 18.0. The van der Waals surface area contributed by atoms with Gasteiger partial charge in [-0.15, -0.1) is 0 Å². The van der Waals surface area contributed by atoms with E-state index in [9.17, 15) is 9.59 Å². The Balaban J connectivity index is 1.87. The van der Waals surface area contributed by atoms with Crippen molar-refractivity contribution in [3.63, 3.8) is 0 Å². The second-order valence-corrected chi connectivity index (χ2v) is 5.74. The van der Waals surface area contributed by atoms with Gasteiger partial charge in [0.15, 0.2) is 0 Å². The molecule has 21 heavy (non-hydrogen) atoms. The molecule has 0 unspecified atom stereocenters. The number of nitrogens with zero attached hydrogens (tertiary/aromatic N) is 1. The van der Waals surface area contributed by atoms with E-state index < -0.39 is 5.97 Å². The minimum atomic E-state index is -0.912. The summed E-state index contributed by atoms with van der Waals surface area (Å²) in [6.45, 7) is 5.11. The number of carbonyl (C=O) groups is 2. The Morgan fingerprint density at radius 2 is 2.00 bits per heavy atom. The number of amides is 1. The summed E-state index contributed by atoms with van der Waals surface area (Å²) in [6, 6.07) is 6.94. The molecule has 1 saturated heterocycles. The highest BCUT2D eigenvalue weighted by molar-refractivity contribution is 5.87. The van der Waals surface area contributed by atoms with Gasteiger partial charge in [0.25, 0.3) is 0 Å². The number of carboxylic acids is 1. The van der Waals surface area contributed by atoms with Crippen LogP contribution in [-0.2, 0) is 11.2 Å². The quantitative estimate of drug-likeness (QED) is 0.926. The van der Waals surface area contributed by atoms with Crippen molar-refractivity contribution < 1.29 is 19.4 Å². The zero-order valence-corrected chi connectivity index (χ0v) is 12.4. The third-order valence-corrected chi connectivity index (χ3v) is 3.61. The lowest BCUT2D eigenvalue weighted by Gasteiger charge is -2.18. The van der Waals surface area contributed by atoms with Crippen LogP contribution in [0.15, 0.2) is 24.3 Å². The Bertz CT molecular complexity index is 510. The second-order valence-electron chi connectivity index (χ2n) is 5.74. The molecule has 1 fully saturated rings. The number of hydrogen-bond donors (Lipinski definition) is 1. The van der Waals surface area contributed by atoms with E-state index in [0.29, 0.717) is 18.0 Å². The van der Waals surface area contributed by atoms with Crippen LogP contribution >= 0.6 is 0 Å². The number of carbonyl (C=O) groups excluding carboxylic acids is 1. The fourth-order valence-corrected chi connectivity index (χ4v) is 2.56.